The van der Waals surface area contributed by atoms with Crippen molar-refractivity contribution in [2.45, 2.75) is 6.61 Å². The van der Waals surface area contributed by atoms with E-state index >= 15 is 0 Å². The van der Waals surface area contributed by atoms with E-state index in [2.05, 4.69) is 10.5 Å². The minimum Gasteiger partial charge on any atom is -0.492 e. The third kappa shape index (κ3) is 5.07. The molecule has 0 saturated carbocycles. The third-order valence-corrected chi connectivity index (χ3v) is 3.41. The van der Waals surface area contributed by atoms with Gasteiger partial charge in [-0.3, -0.25) is 4.79 Å². The van der Waals surface area contributed by atoms with Gasteiger partial charge in [-0.05, 0) is 35.0 Å². The molecule has 7 heteroatoms. The molecule has 0 aliphatic carbocycles. The lowest BCUT2D eigenvalue weighted by Crippen LogP contribution is -2.27. The first-order valence-corrected chi connectivity index (χ1v) is 8.01. The van der Waals surface area contributed by atoms with Crippen LogP contribution in [-0.4, -0.2) is 24.2 Å². The Morgan fingerprint density at radius 3 is 2.62 bits per heavy atom. The van der Waals surface area contributed by atoms with Gasteiger partial charge in [0.2, 0.25) is 5.76 Å². The first kappa shape index (κ1) is 17.5. The highest BCUT2D eigenvalue weighted by molar-refractivity contribution is 5.91. The highest BCUT2D eigenvalue weighted by Crippen LogP contribution is 2.13. The number of halogens is 1. The summed E-state index contributed by atoms with van der Waals surface area (Å²) in [6.45, 7) is 0.833. The summed E-state index contributed by atoms with van der Waals surface area (Å²) in [6, 6.07) is 16.7. The molecule has 0 aliphatic heterocycles. The van der Waals surface area contributed by atoms with Crippen LogP contribution in [0.1, 0.15) is 16.1 Å². The molecule has 0 radical (unpaired) electrons. The fourth-order valence-electron chi connectivity index (χ4n) is 2.12. The van der Waals surface area contributed by atoms with E-state index in [0.29, 0.717) is 12.4 Å². The number of carbonyl (C=O) groups is 1. The van der Waals surface area contributed by atoms with Gasteiger partial charge in [0, 0.05) is 0 Å². The maximum absolute atomic E-state index is 12.8. The molecule has 1 N–H and O–H groups in total. The molecule has 6 nitrogen and oxygen atoms in total. The van der Waals surface area contributed by atoms with Crippen molar-refractivity contribution in [1.29, 1.82) is 0 Å². The van der Waals surface area contributed by atoms with Gasteiger partial charge in [-0.2, -0.15) is 0 Å². The zero-order chi connectivity index (χ0) is 18.2. The van der Waals surface area contributed by atoms with E-state index in [9.17, 15) is 9.18 Å². The van der Waals surface area contributed by atoms with Crippen LogP contribution in [0.2, 0.25) is 0 Å². The topological polar surface area (TPSA) is 73.6 Å². The van der Waals surface area contributed by atoms with Crippen LogP contribution in [0.4, 0.5) is 4.39 Å². The van der Waals surface area contributed by atoms with Crippen LogP contribution in [0, 0.1) is 5.82 Å². The Bertz CT molecular complexity index is 834. The Balaban J connectivity index is 1.40. The second-order valence-corrected chi connectivity index (χ2v) is 5.36. The van der Waals surface area contributed by atoms with Crippen LogP contribution in [0.5, 0.6) is 11.6 Å². The number of rotatable bonds is 8. The standard InChI is InChI=1S/C19H17FN2O4/c20-15-6-8-16(9-7-15)24-11-10-21-19(23)17-12-18(22-26-17)25-13-14-4-2-1-3-5-14/h1-9,12H,10-11,13H2,(H,21,23). The highest BCUT2D eigenvalue weighted by Gasteiger charge is 2.13. The van der Waals surface area contributed by atoms with Crippen molar-refractivity contribution in [2.75, 3.05) is 13.2 Å². The first-order chi connectivity index (χ1) is 12.7. The van der Waals surface area contributed by atoms with Crippen LogP contribution in [0.15, 0.2) is 65.2 Å². The van der Waals surface area contributed by atoms with E-state index in [4.69, 9.17) is 14.0 Å². The molecular weight excluding hydrogens is 339 g/mol. The van der Waals surface area contributed by atoms with Crippen LogP contribution < -0.4 is 14.8 Å². The van der Waals surface area contributed by atoms with E-state index < -0.39 is 5.91 Å². The normalized spacial score (nSPS) is 10.3. The number of aromatic nitrogens is 1. The molecule has 3 rings (SSSR count). The summed E-state index contributed by atoms with van der Waals surface area (Å²) in [5.74, 6) is 0.0596. The van der Waals surface area contributed by atoms with Gasteiger partial charge < -0.3 is 19.3 Å². The zero-order valence-corrected chi connectivity index (χ0v) is 13.9. The second kappa shape index (κ2) is 8.66. The van der Waals surface area contributed by atoms with Crippen LogP contribution in [-0.2, 0) is 6.61 Å². The van der Waals surface area contributed by atoms with Crippen LogP contribution in [0.3, 0.4) is 0 Å². The molecule has 0 aliphatic rings. The Morgan fingerprint density at radius 2 is 1.85 bits per heavy atom. The van der Waals surface area contributed by atoms with Crippen molar-refractivity contribution in [1.82, 2.24) is 10.5 Å². The Labute approximate surface area is 149 Å². The molecule has 1 aromatic heterocycles. The lowest BCUT2D eigenvalue weighted by Gasteiger charge is -2.06. The summed E-state index contributed by atoms with van der Waals surface area (Å²) >= 11 is 0. The fourth-order valence-corrected chi connectivity index (χ4v) is 2.12. The van der Waals surface area contributed by atoms with Crippen molar-refractivity contribution in [3.05, 3.63) is 77.8 Å². The Morgan fingerprint density at radius 1 is 1.08 bits per heavy atom. The van der Waals surface area contributed by atoms with Gasteiger partial charge in [0.15, 0.2) is 0 Å². The lowest BCUT2D eigenvalue weighted by molar-refractivity contribution is 0.0909. The molecule has 0 saturated heterocycles. The van der Waals surface area contributed by atoms with Crippen molar-refractivity contribution < 1.29 is 23.2 Å². The van der Waals surface area contributed by atoms with Crippen LogP contribution >= 0.6 is 0 Å². The summed E-state index contributed by atoms with van der Waals surface area (Å²) < 4.78 is 28.6. The maximum Gasteiger partial charge on any atom is 0.290 e. The maximum atomic E-state index is 12.8. The zero-order valence-electron chi connectivity index (χ0n) is 13.9. The van der Waals surface area contributed by atoms with Crippen molar-refractivity contribution >= 4 is 5.91 Å². The fraction of sp³-hybridized carbons (Fsp3) is 0.158. The largest absolute Gasteiger partial charge is 0.492 e. The molecule has 1 heterocycles. The van der Waals surface area contributed by atoms with Crippen LogP contribution in [0.25, 0.3) is 0 Å². The van der Waals surface area contributed by atoms with Crippen molar-refractivity contribution in [2.24, 2.45) is 0 Å². The summed E-state index contributed by atoms with van der Waals surface area (Å²) in [7, 11) is 0. The van der Waals surface area contributed by atoms with Gasteiger partial charge in [-0.25, -0.2) is 4.39 Å². The monoisotopic (exact) mass is 356 g/mol. The lowest BCUT2D eigenvalue weighted by atomic mass is 10.2. The first-order valence-electron chi connectivity index (χ1n) is 8.01. The number of amides is 1. The number of hydrogen-bond acceptors (Lipinski definition) is 5. The van der Waals surface area contributed by atoms with Gasteiger partial charge in [0.1, 0.15) is 24.8 Å². The third-order valence-electron chi connectivity index (χ3n) is 3.41. The van der Waals surface area contributed by atoms with E-state index in [1.54, 1.807) is 0 Å². The number of hydrogen-bond donors (Lipinski definition) is 1. The minimum absolute atomic E-state index is 0.0508. The van der Waals surface area contributed by atoms with E-state index in [-0.39, 0.29) is 30.6 Å². The molecule has 0 unspecified atom stereocenters. The second-order valence-electron chi connectivity index (χ2n) is 5.36. The predicted molar refractivity (Wildman–Crippen MR) is 91.5 cm³/mol. The molecule has 0 bridgehead atoms. The van der Waals surface area contributed by atoms with Gasteiger partial charge in [-0.1, -0.05) is 30.3 Å². The number of benzene rings is 2. The average molecular weight is 356 g/mol. The summed E-state index contributed by atoms with van der Waals surface area (Å²) in [5, 5.41) is 6.35. The van der Waals surface area contributed by atoms with E-state index in [0.717, 1.165) is 5.56 Å². The van der Waals surface area contributed by atoms with E-state index in [1.807, 2.05) is 30.3 Å². The molecule has 2 aromatic carbocycles. The SMILES string of the molecule is O=C(NCCOc1ccc(F)cc1)c1cc(OCc2ccccc2)no1. The predicted octanol–water partition coefficient (Wildman–Crippen LogP) is 3.20. The Kier molecular flexibility index (Phi) is 5.82. The molecule has 0 spiro atoms. The summed E-state index contributed by atoms with van der Waals surface area (Å²) in [4.78, 5) is 12.0. The minimum atomic E-state index is -0.422. The average Bonchev–Trinajstić information content (AvgIpc) is 3.15. The highest BCUT2D eigenvalue weighted by atomic mass is 19.1. The molecule has 3 aromatic rings. The van der Waals surface area contributed by atoms with Gasteiger partial charge in [-0.15, -0.1) is 0 Å². The number of nitrogens with one attached hydrogen (secondary N) is 1. The summed E-state index contributed by atoms with van der Waals surface area (Å²) in [5.41, 5.74) is 0.986. The van der Waals surface area contributed by atoms with Gasteiger partial charge in [0.25, 0.3) is 11.8 Å². The molecule has 26 heavy (non-hydrogen) atoms. The molecule has 1 amide bonds. The smallest absolute Gasteiger partial charge is 0.290 e. The molecular formula is C19H17FN2O4. The van der Waals surface area contributed by atoms with E-state index in [1.165, 1.54) is 30.3 Å². The Hall–Kier alpha value is -3.35. The molecule has 134 valence electrons. The molecule has 0 fully saturated rings. The molecule has 0 atom stereocenters. The number of ether oxygens (including phenoxy) is 2. The van der Waals surface area contributed by atoms with Gasteiger partial charge in [0.05, 0.1) is 12.6 Å². The summed E-state index contributed by atoms with van der Waals surface area (Å²) in [6.07, 6.45) is 0. The quantitative estimate of drug-likeness (QED) is 0.628. The number of carbonyl (C=O) groups excluding carboxylic acids is 1. The van der Waals surface area contributed by atoms with Crippen molar-refractivity contribution in [3.63, 3.8) is 0 Å². The van der Waals surface area contributed by atoms with Gasteiger partial charge >= 0.3 is 0 Å². The van der Waals surface area contributed by atoms with Crippen molar-refractivity contribution in [3.8, 4) is 11.6 Å². The number of nitrogens with zero attached hydrogens (tertiary/aromatic N) is 1.